The summed E-state index contributed by atoms with van der Waals surface area (Å²) >= 11 is 0. The van der Waals surface area contributed by atoms with Gasteiger partial charge in [0.25, 0.3) is 0 Å². The molecule has 2 N–H and O–H groups in total. The van der Waals surface area contributed by atoms with E-state index in [1.165, 1.54) is 25.0 Å². The Bertz CT molecular complexity index is 945. The molecule has 0 aromatic carbocycles. The Morgan fingerprint density at radius 1 is 1.29 bits per heavy atom. The molecular weight excluding hydrogens is 350 g/mol. The lowest BCUT2D eigenvalue weighted by Gasteiger charge is -2.14. The summed E-state index contributed by atoms with van der Waals surface area (Å²) in [4.78, 5) is 23.9. The van der Waals surface area contributed by atoms with Crippen LogP contribution < -0.4 is 0 Å². The smallest absolute Gasteiger partial charge is 0.146 e. The number of aromatic amines is 2. The maximum Gasteiger partial charge on any atom is 0.146 e. The number of rotatable bonds is 4. The first-order valence-electron chi connectivity index (χ1n) is 10.1. The van der Waals surface area contributed by atoms with Crippen molar-refractivity contribution in [3.63, 3.8) is 0 Å². The quantitative estimate of drug-likeness (QED) is 0.796. The zero-order valence-electron chi connectivity index (χ0n) is 16.5. The number of allylic oxidation sites excluding steroid dienone is 1. The van der Waals surface area contributed by atoms with Gasteiger partial charge in [0.05, 0.1) is 18.5 Å². The van der Waals surface area contributed by atoms with Crippen molar-refractivity contribution in [1.82, 2.24) is 9.97 Å². The number of fused-ring (bicyclic) bond motifs is 2. The molecule has 1 atom stereocenters. The number of aliphatic imine (C=N–C) groups is 1. The van der Waals surface area contributed by atoms with Crippen LogP contribution in [-0.2, 0) is 16.0 Å². The number of carbonyl (C=O) groups excluding carboxylic acids is 1. The summed E-state index contributed by atoms with van der Waals surface area (Å²) < 4.78 is 5.57. The summed E-state index contributed by atoms with van der Waals surface area (Å²) in [5, 5.41) is 0. The van der Waals surface area contributed by atoms with Crippen LogP contribution in [0.1, 0.15) is 67.6 Å². The molecule has 2 aromatic heterocycles. The first-order chi connectivity index (χ1) is 13.7. The molecule has 2 aliphatic rings. The average molecular weight is 377 g/mol. The fraction of sp³-hybridized carbons (Fsp3) is 0.391. The molecule has 1 aliphatic heterocycles. The third-order valence-corrected chi connectivity index (χ3v) is 5.63. The van der Waals surface area contributed by atoms with Gasteiger partial charge in [0, 0.05) is 29.6 Å². The summed E-state index contributed by atoms with van der Waals surface area (Å²) in [5.41, 5.74) is 5.85. The topological polar surface area (TPSA) is 70.2 Å². The van der Waals surface area contributed by atoms with Gasteiger partial charge in [-0.25, -0.2) is 4.99 Å². The highest BCUT2D eigenvalue weighted by molar-refractivity contribution is 6.11. The highest BCUT2D eigenvalue weighted by Crippen LogP contribution is 2.33. The summed E-state index contributed by atoms with van der Waals surface area (Å²) in [6.45, 7) is 1.71. The Morgan fingerprint density at radius 2 is 2.14 bits per heavy atom. The van der Waals surface area contributed by atoms with Crippen LogP contribution in [0.3, 0.4) is 0 Å². The van der Waals surface area contributed by atoms with Gasteiger partial charge in [-0.2, -0.15) is 0 Å². The Morgan fingerprint density at radius 3 is 2.89 bits per heavy atom. The number of Topliss-reactive ketones (excluding diaryl/α,β-unsaturated/α-hetero) is 1. The van der Waals surface area contributed by atoms with E-state index in [-0.39, 0.29) is 11.7 Å². The predicted molar refractivity (Wildman–Crippen MR) is 111 cm³/mol. The molecule has 5 heteroatoms. The molecule has 3 heterocycles. The number of aromatic nitrogens is 2. The largest absolute Gasteiger partial charge is 0.494 e. The van der Waals surface area contributed by atoms with Gasteiger partial charge >= 0.3 is 0 Å². The van der Waals surface area contributed by atoms with Gasteiger partial charge in [-0.15, -0.1) is 0 Å². The van der Waals surface area contributed by atoms with Crippen molar-refractivity contribution in [2.75, 3.05) is 7.11 Å². The van der Waals surface area contributed by atoms with Crippen LogP contribution in [-0.4, -0.2) is 28.6 Å². The molecule has 28 heavy (non-hydrogen) atoms. The molecule has 2 aromatic rings. The van der Waals surface area contributed by atoms with E-state index in [9.17, 15) is 4.79 Å². The van der Waals surface area contributed by atoms with Crippen LogP contribution in [0.2, 0.25) is 0 Å². The molecule has 4 rings (SSSR count). The number of aryl methyl sites for hydroxylation is 1. The Hall–Kier alpha value is -2.82. The number of nitrogens with zero attached hydrogens (tertiary/aromatic N) is 1. The Kier molecular flexibility index (Phi) is 5.33. The molecule has 0 saturated carbocycles. The van der Waals surface area contributed by atoms with E-state index < -0.39 is 0 Å². The van der Waals surface area contributed by atoms with Crippen molar-refractivity contribution in [3.05, 3.63) is 64.6 Å². The molecule has 1 unspecified atom stereocenters. The molecular formula is C23H27N3O2. The second-order valence-electron chi connectivity index (χ2n) is 7.60. The lowest BCUT2D eigenvalue weighted by Crippen LogP contribution is -2.10. The second kappa shape index (κ2) is 8.05. The zero-order valence-corrected chi connectivity index (χ0v) is 16.5. The van der Waals surface area contributed by atoms with Crippen LogP contribution in [0.25, 0.3) is 6.08 Å². The van der Waals surface area contributed by atoms with E-state index in [1.54, 1.807) is 14.0 Å². The first kappa shape index (κ1) is 18.5. The minimum Gasteiger partial charge on any atom is -0.494 e. The highest BCUT2D eigenvalue weighted by atomic mass is 16.5. The fourth-order valence-corrected chi connectivity index (χ4v) is 4.13. The Labute approximate surface area is 165 Å². The molecule has 1 aliphatic carbocycles. The number of methoxy groups -OCH3 is 1. The fourth-order valence-electron chi connectivity index (χ4n) is 4.13. The molecule has 0 spiro atoms. The summed E-state index contributed by atoms with van der Waals surface area (Å²) in [5.74, 6) is 0.906. The maximum atomic E-state index is 12.4. The van der Waals surface area contributed by atoms with Gasteiger partial charge in [0.2, 0.25) is 0 Å². The van der Waals surface area contributed by atoms with E-state index in [0.29, 0.717) is 0 Å². The molecule has 0 fully saturated rings. The van der Waals surface area contributed by atoms with Crippen LogP contribution in [0.4, 0.5) is 0 Å². The third kappa shape index (κ3) is 3.75. The molecule has 0 radical (unpaired) electrons. The van der Waals surface area contributed by atoms with Gasteiger partial charge in [0.15, 0.2) is 0 Å². The number of H-pyrrole nitrogens is 2. The van der Waals surface area contributed by atoms with Gasteiger partial charge in [-0.05, 0) is 56.0 Å². The number of hydrogen-bond donors (Lipinski definition) is 2. The minimum atomic E-state index is -0.0572. The molecule has 0 saturated heterocycles. The highest BCUT2D eigenvalue weighted by Gasteiger charge is 2.24. The molecule has 146 valence electrons. The van der Waals surface area contributed by atoms with Gasteiger partial charge in [-0.1, -0.05) is 19.3 Å². The summed E-state index contributed by atoms with van der Waals surface area (Å²) in [6, 6.07) is 6.13. The van der Waals surface area contributed by atoms with E-state index in [0.717, 1.165) is 53.4 Å². The normalized spacial score (nSPS) is 21.4. The lowest BCUT2D eigenvalue weighted by atomic mass is 9.88. The van der Waals surface area contributed by atoms with E-state index >= 15 is 0 Å². The number of carbonyl (C=O) groups is 1. The standard InChI is InChI=1S/C23H27N3O2/c1-15(27)17-9-6-4-3-5-8-16-12-18(17)20(25-16)13-22-23(28-2)14-21(26-22)19-10-7-11-24-19/h7,10-14,17,24-25H,3-6,8-9H2,1-2H3/b22-13+. The summed E-state index contributed by atoms with van der Waals surface area (Å²) in [7, 11) is 1.66. The predicted octanol–water partition coefficient (Wildman–Crippen LogP) is 4.90. The number of ketones is 1. The Balaban J connectivity index is 1.75. The molecule has 5 nitrogen and oxygen atoms in total. The maximum absolute atomic E-state index is 12.4. The number of nitrogens with one attached hydrogen (secondary N) is 2. The minimum absolute atomic E-state index is 0.0572. The summed E-state index contributed by atoms with van der Waals surface area (Å²) in [6.07, 6.45) is 12.5. The van der Waals surface area contributed by atoms with Gasteiger partial charge < -0.3 is 14.7 Å². The first-order valence-corrected chi connectivity index (χ1v) is 10.1. The van der Waals surface area contributed by atoms with Crippen molar-refractivity contribution in [2.45, 2.75) is 51.4 Å². The van der Waals surface area contributed by atoms with E-state index in [2.05, 4.69) is 16.0 Å². The zero-order chi connectivity index (χ0) is 19.5. The SMILES string of the molecule is COC1=CC(c2ccc[nH]2)=N/C1=C/c1[nH]c2cc1C(C(C)=O)CCCCCC2. The number of ether oxygens (including phenoxy) is 1. The van der Waals surface area contributed by atoms with Crippen molar-refractivity contribution in [1.29, 1.82) is 0 Å². The second-order valence-corrected chi connectivity index (χ2v) is 7.60. The molecule has 2 bridgehead atoms. The average Bonchev–Trinajstić information content (AvgIpc) is 3.41. The van der Waals surface area contributed by atoms with E-state index in [4.69, 9.17) is 9.73 Å². The van der Waals surface area contributed by atoms with E-state index in [1.807, 2.05) is 30.5 Å². The van der Waals surface area contributed by atoms with Crippen molar-refractivity contribution in [3.8, 4) is 0 Å². The van der Waals surface area contributed by atoms with Crippen molar-refractivity contribution >= 4 is 17.6 Å². The van der Waals surface area contributed by atoms with Crippen LogP contribution in [0.5, 0.6) is 0 Å². The lowest BCUT2D eigenvalue weighted by molar-refractivity contribution is -0.118. The molecule has 0 amide bonds. The van der Waals surface area contributed by atoms with Crippen LogP contribution in [0.15, 0.2) is 46.9 Å². The number of hydrogen-bond acceptors (Lipinski definition) is 3. The van der Waals surface area contributed by atoms with Crippen LogP contribution >= 0.6 is 0 Å². The van der Waals surface area contributed by atoms with Crippen molar-refractivity contribution in [2.24, 2.45) is 4.99 Å². The monoisotopic (exact) mass is 377 g/mol. The van der Waals surface area contributed by atoms with Crippen molar-refractivity contribution < 1.29 is 9.53 Å². The van der Waals surface area contributed by atoms with Crippen LogP contribution in [0, 0.1) is 0 Å². The third-order valence-electron chi connectivity index (χ3n) is 5.63. The van der Waals surface area contributed by atoms with Gasteiger partial charge in [-0.3, -0.25) is 4.79 Å². The van der Waals surface area contributed by atoms with Gasteiger partial charge in [0.1, 0.15) is 17.2 Å².